The number of nitrogens with zero attached hydrogens (tertiary/aromatic N) is 3. The van der Waals surface area contributed by atoms with Crippen molar-refractivity contribution in [3.63, 3.8) is 0 Å². The number of hydrogen-bond donors (Lipinski definition) is 2. The first-order valence-electron chi connectivity index (χ1n) is 9.71. The van der Waals surface area contributed by atoms with E-state index in [9.17, 15) is 18.0 Å². The zero-order valence-corrected chi connectivity index (χ0v) is 15.8. The molecular formula is C21H18F3N5O. The third-order valence-corrected chi connectivity index (χ3v) is 5.96. The van der Waals surface area contributed by atoms with Crippen LogP contribution in [0.5, 0.6) is 0 Å². The van der Waals surface area contributed by atoms with Crippen LogP contribution in [0.2, 0.25) is 0 Å². The molecule has 1 aliphatic carbocycles. The van der Waals surface area contributed by atoms with Gasteiger partial charge >= 0.3 is 6.18 Å². The van der Waals surface area contributed by atoms with Gasteiger partial charge in [-0.15, -0.1) is 0 Å². The molecule has 3 heterocycles. The number of alkyl halides is 3. The van der Waals surface area contributed by atoms with Gasteiger partial charge in [0.1, 0.15) is 11.0 Å². The summed E-state index contributed by atoms with van der Waals surface area (Å²) in [6, 6.07) is 4.86. The Hall–Kier alpha value is -3.23. The van der Waals surface area contributed by atoms with Crippen LogP contribution in [0.25, 0.3) is 22.2 Å². The summed E-state index contributed by atoms with van der Waals surface area (Å²) in [5.74, 6) is 0.600. The average molecular weight is 413 g/mol. The molecule has 1 unspecified atom stereocenters. The molecule has 1 saturated carbocycles. The molecule has 1 spiro atoms. The summed E-state index contributed by atoms with van der Waals surface area (Å²) >= 11 is 0. The number of piperidine rings is 1. The lowest BCUT2D eigenvalue weighted by atomic mass is 9.89. The van der Waals surface area contributed by atoms with Crippen molar-refractivity contribution in [3.8, 4) is 11.1 Å². The van der Waals surface area contributed by atoms with Gasteiger partial charge in [-0.25, -0.2) is 9.97 Å². The minimum atomic E-state index is -4.39. The van der Waals surface area contributed by atoms with E-state index in [4.69, 9.17) is 0 Å². The molecule has 0 radical (unpaired) electrons. The summed E-state index contributed by atoms with van der Waals surface area (Å²) in [6.07, 6.45) is 2.74. The molecule has 1 aliphatic heterocycles. The Morgan fingerprint density at radius 2 is 1.73 bits per heavy atom. The summed E-state index contributed by atoms with van der Waals surface area (Å²) in [5, 5.41) is 6.32. The Kier molecular flexibility index (Phi) is 4.16. The molecule has 1 amide bonds. The van der Waals surface area contributed by atoms with Crippen molar-refractivity contribution < 1.29 is 18.0 Å². The number of hydrogen-bond acceptors (Lipinski definition) is 5. The fourth-order valence-corrected chi connectivity index (χ4v) is 4.14. The summed E-state index contributed by atoms with van der Waals surface area (Å²) in [4.78, 5) is 25.6. The van der Waals surface area contributed by atoms with Crippen LogP contribution >= 0.6 is 0 Å². The van der Waals surface area contributed by atoms with E-state index in [1.54, 1.807) is 12.4 Å². The number of halogens is 3. The second kappa shape index (κ2) is 6.65. The van der Waals surface area contributed by atoms with E-state index in [0.29, 0.717) is 34.5 Å². The zero-order chi connectivity index (χ0) is 20.9. The first-order chi connectivity index (χ1) is 14.4. The molecule has 3 aromatic rings. The molecule has 2 aromatic heterocycles. The zero-order valence-electron chi connectivity index (χ0n) is 15.8. The van der Waals surface area contributed by atoms with Crippen LogP contribution in [0.1, 0.15) is 24.8 Å². The van der Waals surface area contributed by atoms with Gasteiger partial charge in [-0.2, -0.15) is 13.2 Å². The monoisotopic (exact) mass is 413 g/mol. The van der Waals surface area contributed by atoms with Crippen molar-refractivity contribution in [3.05, 3.63) is 48.4 Å². The van der Waals surface area contributed by atoms with Crippen LogP contribution < -0.4 is 10.6 Å². The number of fused-ring (bicyclic) bond motifs is 1. The summed E-state index contributed by atoms with van der Waals surface area (Å²) < 4.78 is 38.6. The number of amides is 1. The number of carbonyl (C=O) groups excluding carboxylic acids is 1. The largest absolute Gasteiger partial charge is 0.416 e. The van der Waals surface area contributed by atoms with Crippen molar-refractivity contribution in [1.29, 1.82) is 0 Å². The lowest BCUT2D eigenvalue weighted by molar-refractivity contribution is -0.137. The van der Waals surface area contributed by atoms with E-state index in [1.807, 2.05) is 0 Å². The number of aromatic nitrogens is 3. The van der Waals surface area contributed by atoms with E-state index >= 15 is 0 Å². The van der Waals surface area contributed by atoms with Crippen LogP contribution in [0.15, 0.2) is 42.9 Å². The molecule has 5 rings (SSSR count). The quantitative estimate of drug-likeness (QED) is 0.683. The van der Waals surface area contributed by atoms with Gasteiger partial charge in [0.15, 0.2) is 5.82 Å². The van der Waals surface area contributed by atoms with Crippen molar-refractivity contribution in [1.82, 2.24) is 20.3 Å². The molecule has 2 fully saturated rings. The van der Waals surface area contributed by atoms with E-state index in [1.165, 1.54) is 18.3 Å². The molecule has 0 bridgehead atoms. The summed E-state index contributed by atoms with van der Waals surface area (Å²) in [5.41, 5.74) is 1.14. The molecule has 1 aromatic carbocycles. The number of benzene rings is 1. The third kappa shape index (κ3) is 3.05. The fraction of sp³-hybridized carbons (Fsp3) is 0.333. The third-order valence-electron chi connectivity index (χ3n) is 5.96. The van der Waals surface area contributed by atoms with Crippen molar-refractivity contribution >= 4 is 22.8 Å². The van der Waals surface area contributed by atoms with Crippen LogP contribution in [0, 0.1) is 5.41 Å². The highest BCUT2D eigenvalue weighted by atomic mass is 19.4. The number of carbonyl (C=O) groups is 1. The number of rotatable bonds is 3. The summed E-state index contributed by atoms with van der Waals surface area (Å²) in [7, 11) is 0. The normalized spacial score (nSPS) is 20.2. The maximum absolute atomic E-state index is 12.9. The van der Waals surface area contributed by atoms with E-state index in [-0.39, 0.29) is 17.4 Å². The van der Waals surface area contributed by atoms with E-state index in [0.717, 1.165) is 31.4 Å². The smallest absolute Gasteiger partial charge is 0.364 e. The Labute approximate surface area is 169 Å². The fourth-order valence-electron chi connectivity index (χ4n) is 4.14. The molecular weight excluding hydrogens is 395 g/mol. The van der Waals surface area contributed by atoms with Crippen molar-refractivity contribution in [2.24, 2.45) is 5.41 Å². The molecule has 9 heteroatoms. The predicted octanol–water partition coefficient (Wildman–Crippen LogP) is 3.79. The van der Waals surface area contributed by atoms with Gasteiger partial charge in [-0.1, -0.05) is 12.1 Å². The van der Waals surface area contributed by atoms with E-state index in [2.05, 4.69) is 25.6 Å². The van der Waals surface area contributed by atoms with Crippen LogP contribution in [0.4, 0.5) is 19.0 Å². The molecule has 6 nitrogen and oxygen atoms in total. The predicted molar refractivity (Wildman–Crippen MR) is 104 cm³/mol. The first-order valence-corrected chi connectivity index (χ1v) is 9.71. The van der Waals surface area contributed by atoms with Gasteiger partial charge in [0.05, 0.1) is 11.0 Å². The highest BCUT2D eigenvalue weighted by Crippen LogP contribution is 2.52. The highest BCUT2D eigenvalue weighted by molar-refractivity contribution is 5.97. The Morgan fingerprint density at radius 1 is 1.03 bits per heavy atom. The highest BCUT2D eigenvalue weighted by Gasteiger charge is 2.57. The molecule has 1 atom stereocenters. The van der Waals surface area contributed by atoms with Gasteiger partial charge in [0, 0.05) is 36.7 Å². The minimum Gasteiger partial charge on any atom is -0.364 e. The van der Waals surface area contributed by atoms with Gasteiger partial charge in [0.2, 0.25) is 5.91 Å². The lowest BCUT2D eigenvalue weighted by Gasteiger charge is -2.32. The second-order valence-electron chi connectivity index (χ2n) is 7.75. The molecule has 154 valence electrons. The van der Waals surface area contributed by atoms with Crippen molar-refractivity contribution in [2.45, 2.75) is 31.5 Å². The number of nitrogens with one attached hydrogen (secondary N) is 2. The summed E-state index contributed by atoms with van der Waals surface area (Å²) in [6.45, 7) is 0.603. The van der Waals surface area contributed by atoms with Crippen LogP contribution in [-0.2, 0) is 11.0 Å². The molecule has 2 aliphatic rings. The Bertz CT molecular complexity index is 1130. The number of pyridine rings is 1. The maximum atomic E-state index is 12.9. The Morgan fingerprint density at radius 3 is 2.40 bits per heavy atom. The topological polar surface area (TPSA) is 79.8 Å². The molecule has 2 N–H and O–H groups in total. The van der Waals surface area contributed by atoms with Crippen LogP contribution in [-0.4, -0.2) is 33.4 Å². The van der Waals surface area contributed by atoms with Gasteiger partial charge in [-0.3, -0.25) is 9.78 Å². The standard InChI is InChI=1S/C21H18F3N5O/c22-21(23,24)13-3-1-12(2-4-13)14-11-28-18(17-16(14)25-9-10-26-17)29-15-5-8-27-19(30)20(15)6-7-20/h1-4,9-11,15H,5-8H2,(H,27,30)(H,28,29). The Balaban J connectivity index is 1.52. The average Bonchev–Trinajstić information content (AvgIpc) is 3.53. The van der Waals surface area contributed by atoms with Gasteiger partial charge in [-0.05, 0) is 37.0 Å². The second-order valence-corrected chi connectivity index (χ2v) is 7.75. The van der Waals surface area contributed by atoms with Crippen molar-refractivity contribution in [2.75, 3.05) is 11.9 Å². The van der Waals surface area contributed by atoms with Gasteiger partial charge < -0.3 is 10.6 Å². The lowest BCUT2D eigenvalue weighted by Crippen LogP contribution is -2.49. The van der Waals surface area contributed by atoms with E-state index < -0.39 is 11.7 Å². The maximum Gasteiger partial charge on any atom is 0.416 e. The number of anilines is 1. The van der Waals surface area contributed by atoms with Crippen LogP contribution in [0.3, 0.4) is 0 Å². The van der Waals surface area contributed by atoms with Gasteiger partial charge in [0.25, 0.3) is 0 Å². The first kappa shape index (κ1) is 18.8. The molecule has 1 saturated heterocycles. The molecule has 30 heavy (non-hydrogen) atoms. The minimum absolute atomic E-state index is 0.0409. The SMILES string of the molecule is O=C1NCCC(Nc2ncc(-c3ccc(C(F)(F)F)cc3)c3nccnc23)C12CC2.